The van der Waals surface area contributed by atoms with Crippen LogP contribution in [0.1, 0.15) is 0 Å². The summed E-state index contributed by atoms with van der Waals surface area (Å²) in [5.74, 6) is 0.367. The molecule has 0 saturated carbocycles. The zero-order chi connectivity index (χ0) is 11.3. The van der Waals surface area contributed by atoms with Gasteiger partial charge in [0.15, 0.2) is 0 Å². The number of ether oxygens (including phenoxy) is 1. The lowest BCUT2D eigenvalue weighted by atomic mass is 10.3. The standard InChI is InChI=1S/C8H8N2O5/c11-9(12)8(10(13)14)6-15-7-4-2-1-3-5-7/h1-5,8H,6H2. The molecule has 7 heteroatoms. The van der Waals surface area contributed by atoms with E-state index >= 15 is 0 Å². The molecule has 0 bridgehead atoms. The van der Waals surface area contributed by atoms with E-state index in [9.17, 15) is 20.2 Å². The molecule has 0 N–H and O–H groups in total. The summed E-state index contributed by atoms with van der Waals surface area (Å²) in [6, 6.07) is 8.21. The van der Waals surface area contributed by atoms with E-state index in [0.717, 1.165) is 0 Å². The van der Waals surface area contributed by atoms with Crippen molar-refractivity contribution in [1.82, 2.24) is 0 Å². The topological polar surface area (TPSA) is 95.5 Å². The Hall–Kier alpha value is -2.18. The second kappa shape index (κ2) is 4.89. The molecule has 0 aliphatic rings. The molecule has 0 aliphatic heterocycles. The zero-order valence-electron chi connectivity index (χ0n) is 7.61. The van der Waals surface area contributed by atoms with Crippen molar-refractivity contribution in [2.45, 2.75) is 6.17 Å². The van der Waals surface area contributed by atoms with Gasteiger partial charge in [-0.15, -0.1) is 0 Å². The van der Waals surface area contributed by atoms with Crippen molar-refractivity contribution in [3.8, 4) is 5.75 Å². The van der Waals surface area contributed by atoms with Crippen LogP contribution in [-0.4, -0.2) is 22.6 Å². The third kappa shape index (κ3) is 3.22. The number of nitro groups is 2. The number of nitrogens with zero attached hydrogens (tertiary/aromatic N) is 2. The van der Waals surface area contributed by atoms with Gasteiger partial charge in [0.25, 0.3) is 0 Å². The van der Waals surface area contributed by atoms with E-state index < -0.39 is 22.6 Å². The van der Waals surface area contributed by atoms with E-state index in [1.807, 2.05) is 0 Å². The van der Waals surface area contributed by atoms with E-state index in [4.69, 9.17) is 4.74 Å². The normalized spacial score (nSPS) is 9.93. The highest BCUT2D eigenvalue weighted by Gasteiger charge is 2.32. The summed E-state index contributed by atoms with van der Waals surface area (Å²) in [5, 5.41) is 20.5. The van der Waals surface area contributed by atoms with Crippen molar-refractivity contribution in [1.29, 1.82) is 0 Å². The molecule has 0 atom stereocenters. The molecule has 1 aromatic carbocycles. The monoisotopic (exact) mass is 212 g/mol. The van der Waals surface area contributed by atoms with Crippen LogP contribution in [0, 0.1) is 20.2 Å². The minimum absolute atomic E-state index is 0.367. The highest BCUT2D eigenvalue weighted by molar-refractivity contribution is 5.20. The van der Waals surface area contributed by atoms with Crippen molar-refractivity contribution >= 4 is 0 Å². The van der Waals surface area contributed by atoms with Gasteiger partial charge in [-0.3, -0.25) is 20.2 Å². The highest BCUT2D eigenvalue weighted by Crippen LogP contribution is 2.09. The van der Waals surface area contributed by atoms with Crippen molar-refractivity contribution in [2.75, 3.05) is 6.61 Å². The summed E-state index contributed by atoms with van der Waals surface area (Å²) >= 11 is 0. The molecule has 0 saturated heterocycles. The van der Waals surface area contributed by atoms with Crippen LogP contribution in [0.2, 0.25) is 0 Å². The Labute approximate surface area is 84.6 Å². The summed E-state index contributed by atoms with van der Waals surface area (Å²) in [6.07, 6.45) is -1.93. The van der Waals surface area contributed by atoms with E-state index in [0.29, 0.717) is 5.75 Å². The zero-order valence-corrected chi connectivity index (χ0v) is 7.61. The molecule has 1 aromatic rings. The van der Waals surface area contributed by atoms with Gasteiger partial charge < -0.3 is 4.74 Å². The lowest BCUT2D eigenvalue weighted by Gasteiger charge is -2.04. The van der Waals surface area contributed by atoms with E-state index in [2.05, 4.69) is 0 Å². The molecule has 0 amide bonds. The highest BCUT2D eigenvalue weighted by atomic mass is 16.7. The number of hydrogen-bond acceptors (Lipinski definition) is 5. The van der Waals surface area contributed by atoms with Gasteiger partial charge in [0.05, 0.1) is 9.85 Å². The van der Waals surface area contributed by atoms with E-state index in [1.165, 1.54) is 0 Å². The van der Waals surface area contributed by atoms with Gasteiger partial charge in [-0.05, 0) is 12.1 Å². The Morgan fingerprint density at radius 1 is 1.13 bits per heavy atom. The van der Waals surface area contributed by atoms with Crippen LogP contribution in [-0.2, 0) is 0 Å². The second-order valence-electron chi connectivity index (χ2n) is 2.68. The predicted octanol–water partition coefficient (Wildman–Crippen LogP) is 0.945. The van der Waals surface area contributed by atoms with Crippen molar-refractivity contribution in [2.24, 2.45) is 0 Å². The molecule has 7 nitrogen and oxygen atoms in total. The molecule has 15 heavy (non-hydrogen) atoms. The average molecular weight is 212 g/mol. The fraction of sp³-hybridized carbons (Fsp3) is 0.250. The molecule has 1 rings (SSSR count). The molecular weight excluding hydrogens is 204 g/mol. The first-order valence-electron chi connectivity index (χ1n) is 4.06. The fourth-order valence-electron chi connectivity index (χ4n) is 0.886. The number of hydrogen-bond donors (Lipinski definition) is 0. The predicted molar refractivity (Wildman–Crippen MR) is 49.7 cm³/mol. The first kappa shape index (κ1) is 10.9. The first-order chi connectivity index (χ1) is 7.11. The average Bonchev–Trinajstić information content (AvgIpc) is 2.18. The molecule has 0 unspecified atom stereocenters. The van der Waals surface area contributed by atoms with Gasteiger partial charge in [-0.1, -0.05) is 18.2 Å². The molecule has 0 radical (unpaired) electrons. The Bertz CT molecular complexity index is 339. The largest absolute Gasteiger partial charge is 0.483 e. The second-order valence-corrected chi connectivity index (χ2v) is 2.68. The van der Waals surface area contributed by atoms with Crippen molar-refractivity contribution in [3.63, 3.8) is 0 Å². The first-order valence-corrected chi connectivity index (χ1v) is 4.06. The van der Waals surface area contributed by atoms with Gasteiger partial charge in [0.1, 0.15) is 5.75 Å². The van der Waals surface area contributed by atoms with Gasteiger partial charge >= 0.3 is 6.17 Å². The molecule has 80 valence electrons. The maximum absolute atomic E-state index is 10.2. The quantitative estimate of drug-likeness (QED) is 0.411. The third-order valence-corrected chi connectivity index (χ3v) is 1.63. The smallest absolute Gasteiger partial charge is 0.478 e. The summed E-state index contributed by atoms with van der Waals surface area (Å²) < 4.78 is 4.91. The van der Waals surface area contributed by atoms with E-state index in [1.54, 1.807) is 30.3 Å². The minimum atomic E-state index is -1.93. The maximum Gasteiger partial charge on any atom is 0.483 e. The van der Waals surface area contributed by atoms with Crippen molar-refractivity contribution in [3.05, 3.63) is 50.6 Å². The van der Waals surface area contributed by atoms with Crippen LogP contribution < -0.4 is 4.74 Å². The fourth-order valence-corrected chi connectivity index (χ4v) is 0.886. The van der Waals surface area contributed by atoms with Crippen LogP contribution in [0.4, 0.5) is 0 Å². The van der Waals surface area contributed by atoms with Crippen LogP contribution in [0.5, 0.6) is 5.75 Å². The molecule has 0 heterocycles. The van der Waals surface area contributed by atoms with Gasteiger partial charge in [-0.25, -0.2) is 0 Å². The number of para-hydroxylation sites is 1. The van der Waals surface area contributed by atoms with E-state index in [-0.39, 0.29) is 0 Å². The number of benzene rings is 1. The summed E-state index contributed by atoms with van der Waals surface area (Å²) in [7, 11) is 0. The van der Waals surface area contributed by atoms with Crippen LogP contribution >= 0.6 is 0 Å². The number of rotatable bonds is 5. The summed E-state index contributed by atoms with van der Waals surface area (Å²) in [6.45, 7) is -0.579. The van der Waals surface area contributed by atoms with Crippen LogP contribution in [0.15, 0.2) is 30.3 Å². The SMILES string of the molecule is O=[N+]([O-])C(COc1ccccc1)[N+](=O)[O-]. The summed E-state index contributed by atoms with van der Waals surface area (Å²) in [4.78, 5) is 18.5. The molecule has 0 aromatic heterocycles. The van der Waals surface area contributed by atoms with Crippen LogP contribution in [0.3, 0.4) is 0 Å². The van der Waals surface area contributed by atoms with Gasteiger partial charge in [0, 0.05) is 0 Å². The molecular formula is C8H8N2O5. The lowest BCUT2D eigenvalue weighted by Crippen LogP contribution is -2.34. The lowest BCUT2D eigenvalue weighted by molar-refractivity contribution is -0.743. The van der Waals surface area contributed by atoms with Gasteiger partial charge in [-0.2, -0.15) is 0 Å². The third-order valence-electron chi connectivity index (χ3n) is 1.63. The summed E-state index contributed by atoms with van der Waals surface area (Å²) in [5.41, 5.74) is 0. The maximum atomic E-state index is 10.2. The Kier molecular flexibility index (Phi) is 3.55. The Morgan fingerprint density at radius 3 is 2.13 bits per heavy atom. The molecule has 0 aliphatic carbocycles. The van der Waals surface area contributed by atoms with Crippen LogP contribution in [0.25, 0.3) is 0 Å². The van der Waals surface area contributed by atoms with Gasteiger partial charge in [0.2, 0.25) is 6.61 Å². The Morgan fingerprint density at radius 2 is 1.67 bits per heavy atom. The Balaban J connectivity index is 2.55. The molecule has 0 fully saturated rings. The van der Waals surface area contributed by atoms with Crippen molar-refractivity contribution < 1.29 is 14.6 Å². The molecule has 0 spiro atoms. The minimum Gasteiger partial charge on any atom is -0.478 e.